The van der Waals surface area contributed by atoms with Crippen LogP contribution in [0.3, 0.4) is 0 Å². The fraction of sp³-hybridized carbons (Fsp3) is 0.542. The number of carbonyl (C=O) groups excluding carboxylic acids is 3. The van der Waals surface area contributed by atoms with Crippen molar-refractivity contribution in [3.63, 3.8) is 0 Å². The largest absolute Gasteiger partial charge is 0.460 e. The van der Waals surface area contributed by atoms with Crippen LogP contribution in [0.15, 0.2) is 35.9 Å². The lowest BCUT2D eigenvalue weighted by atomic mass is 9.91. The van der Waals surface area contributed by atoms with E-state index in [2.05, 4.69) is 27.9 Å². The first kappa shape index (κ1) is 26.6. The molecule has 10 heteroatoms. The highest BCUT2D eigenvalue weighted by atomic mass is 127. The Hall–Kier alpha value is -2.02. The number of esters is 2. The van der Waals surface area contributed by atoms with Crippen LogP contribution in [0.4, 0.5) is 0 Å². The number of aliphatic hydroxyl groups is 1. The summed E-state index contributed by atoms with van der Waals surface area (Å²) in [5, 5.41) is 12.4. The Morgan fingerprint density at radius 2 is 1.91 bits per heavy atom. The van der Waals surface area contributed by atoms with Crippen LogP contribution in [0, 0.1) is 3.57 Å². The lowest BCUT2D eigenvalue weighted by Crippen LogP contribution is -2.45. The summed E-state index contributed by atoms with van der Waals surface area (Å²) < 4.78 is 23.1. The molecule has 34 heavy (non-hydrogen) atoms. The third kappa shape index (κ3) is 7.49. The highest BCUT2D eigenvalue weighted by Crippen LogP contribution is 2.31. The van der Waals surface area contributed by atoms with Gasteiger partial charge in [0, 0.05) is 22.0 Å². The number of hydrogen-bond acceptors (Lipinski definition) is 8. The summed E-state index contributed by atoms with van der Waals surface area (Å²) in [6.07, 6.45) is 0.324. The molecule has 1 aliphatic carbocycles. The molecule has 1 fully saturated rings. The van der Waals surface area contributed by atoms with E-state index >= 15 is 0 Å². The van der Waals surface area contributed by atoms with Crippen molar-refractivity contribution in [3.05, 3.63) is 45.0 Å². The molecule has 186 valence electrons. The van der Waals surface area contributed by atoms with Gasteiger partial charge in [-0.15, -0.1) is 0 Å². The van der Waals surface area contributed by atoms with Crippen molar-refractivity contribution >= 4 is 40.4 Å². The van der Waals surface area contributed by atoms with Gasteiger partial charge in [-0.05, 0) is 80.1 Å². The molecule has 9 nitrogen and oxygen atoms in total. The Kier molecular flexibility index (Phi) is 9.07. The van der Waals surface area contributed by atoms with Crippen molar-refractivity contribution < 1.29 is 38.4 Å². The fourth-order valence-corrected chi connectivity index (χ4v) is 4.05. The van der Waals surface area contributed by atoms with Crippen LogP contribution >= 0.6 is 22.6 Å². The molecule has 1 aromatic carbocycles. The number of fused-ring (bicyclic) bond motifs is 1. The zero-order valence-corrected chi connectivity index (χ0v) is 21.6. The lowest BCUT2D eigenvalue weighted by Gasteiger charge is -2.30. The summed E-state index contributed by atoms with van der Waals surface area (Å²) in [6, 6.07) is 6.33. The highest BCUT2D eigenvalue weighted by Gasteiger charge is 2.42. The van der Waals surface area contributed by atoms with Crippen molar-refractivity contribution in [2.24, 2.45) is 0 Å². The molecule has 1 aromatic rings. The number of aliphatic hydroxyl groups excluding tert-OH is 1. The Morgan fingerprint density at radius 3 is 2.56 bits per heavy atom. The summed E-state index contributed by atoms with van der Waals surface area (Å²) in [5.74, 6) is -1.34. The van der Waals surface area contributed by atoms with Crippen LogP contribution in [0.5, 0.6) is 0 Å². The van der Waals surface area contributed by atoms with Crippen LogP contribution in [0.1, 0.15) is 50.4 Å². The standard InChI is InChI=1S/C24H30INO8/c1-24(2,3)34-20(28)9-8-17(12-27)26-22(29)15-10-18-21(32-13-31-18)19(11-15)33-23(30)14-4-6-16(25)7-5-14/h4-7,10,17-19,21,27H,8-9,11-13H2,1-3H3,(H,26,29)/t17-,18+,19+,21+/m0/s1. The van der Waals surface area contributed by atoms with E-state index in [9.17, 15) is 19.5 Å². The number of hydrogen-bond donors (Lipinski definition) is 2. The summed E-state index contributed by atoms with van der Waals surface area (Å²) in [6.45, 7) is 5.02. The number of rotatable bonds is 8. The topological polar surface area (TPSA) is 120 Å². The second-order valence-corrected chi connectivity index (χ2v) is 10.5. The summed E-state index contributed by atoms with van der Waals surface area (Å²) >= 11 is 2.15. The molecule has 0 aromatic heterocycles. The van der Waals surface area contributed by atoms with E-state index in [4.69, 9.17) is 18.9 Å². The van der Waals surface area contributed by atoms with Crippen molar-refractivity contribution in [2.75, 3.05) is 13.4 Å². The second kappa shape index (κ2) is 11.6. The van der Waals surface area contributed by atoms with Crippen LogP contribution in [0.25, 0.3) is 0 Å². The third-order valence-corrected chi connectivity index (χ3v) is 6.02. The van der Waals surface area contributed by atoms with Crippen molar-refractivity contribution in [3.8, 4) is 0 Å². The average molecular weight is 587 g/mol. The number of ether oxygens (including phenoxy) is 4. The fourth-order valence-electron chi connectivity index (χ4n) is 3.69. The van der Waals surface area contributed by atoms with E-state index in [0.717, 1.165) is 3.57 Å². The van der Waals surface area contributed by atoms with Gasteiger partial charge in [0.25, 0.3) is 0 Å². The molecule has 0 spiro atoms. The number of carbonyl (C=O) groups is 3. The second-order valence-electron chi connectivity index (χ2n) is 9.21. The maximum absolute atomic E-state index is 12.9. The van der Waals surface area contributed by atoms with E-state index in [0.29, 0.717) is 11.1 Å². The molecule has 0 saturated carbocycles. The van der Waals surface area contributed by atoms with Crippen LogP contribution in [-0.4, -0.2) is 66.3 Å². The van der Waals surface area contributed by atoms with Crippen molar-refractivity contribution in [1.82, 2.24) is 5.32 Å². The molecule has 1 aliphatic heterocycles. The molecule has 1 saturated heterocycles. The van der Waals surface area contributed by atoms with E-state index in [1.807, 2.05) is 0 Å². The predicted molar refractivity (Wildman–Crippen MR) is 130 cm³/mol. The number of nitrogens with one attached hydrogen (secondary N) is 1. The summed E-state index contributed by atoms with van der Waals surface area (Å²) in [5.41, 5.74) is 0.161. The van der Waals surface area contributed by atoms with Gasteiger partial charge < -0.3 is 29.4 Å². The molecular formula is C24H30INO8. The molecule has 0 bridgehead atoms. The Balaban J connectivity index is 1.61. The van der Waals surface area contributed by atoms with Crippen LogP contribution in [-0.2, 0) is 28.5 Å². The van der Waals surface area contributed by atoms with E-state index in [1.165, 1.54) is 0 Å². The maximum atomic E-state index is 12.9. The molecule has 3 rings (SSSR count). The van der Waals surface area contributed by atoms with E-state index in [1.54, 1.807) is 51.1 Å². The Labute approximate surface area is 212 Å². The summed E-state index contributed by atoms with van der Waals surface area (Å²) in [7, 11) is 0. The predicted octanol–water partition coefficient (Wildman–Crippen LogP) is 2.49. The minimum atomic E-state index is -0.709. The van der Waals surface area contributed by atoms with Gasteiger partial charge in [-0.2, -0.15) is 0 Å². The molecule has 1 heterocycles. The highest BCUT2D eigenvalue weighted by molar-refractivity contribution is 14.1. The van der Waals surface area contributed by atoms with Gasteiger partial charge >= 0.3 is 11.9 Å². The smallest absolute Gasteiger partial charge is 0.338 e. The van der Waals surface area contributed by atoms with Gasteiger partial charge in [-0.25, -0.2) is 4.79 Å². The van der Waals surface area contributed by atoms with Crippen molar-refractivity contribution in [1.29, 1.82) is 0 Å². The SMILES string of the molecule is CC(C)(C)OC(=O)CC[C@@H](CO)NC(=O)C1=C[C@H]2OCO[C@H]2[C@H](OC(=O)c2ccc(I)cc2)C1. The molecular weight excluding hydrogens is 557 g/mol. The van der Waals surface area contributed by atoms with Gasteiger partial charge in [-0.1, -0.05) is 0 Å². The first-order valence-corrected chi connectivity index (χ1v) is 12.2. The minimum Gasteiger partial charge on any atom is -0.460 e. The molecule has 2 aliphatic rings. The molecule has 1 amide bonds. The molecule has 4 atom stereocenters. The van der Waals surface area contributed by atoms with Gasteiger partial charge in [0.15, 0.2) is 0 Å². The first-order chi connectivity index (χ1) is 16.1. The van der Waals surface area contributed by atoms with Gasteiger partial charge in [0.2, 0.25) is 5.91 Å². The number of halogens is 1. The first-order valence-electron chi connectivity index (χ1n) is 11.1. The molecule has 2 N–H and O–H groups in total. The number of benzene rings is 1. The Morgan fingerprint density at radius 1 is 1.21 bits per heavy atom. The minimum absolute atomic E-state index is 0.0352. The van der Waals surface area contributed by atoms with Gasteiger partial charge in [0.05, 0.1) is 18.2 Å². The van der Waals surface area contributed by atoms with Gasteiger partial charge in [-0.3, -0.25) is 9.59 Å². The molecule has 0 unspecified atom stereocenters. The quantitative estimate of drug-likeness (QED) is 0.352. The lowest BCUT2D eigenvalue weighted by molar-refractivity contribution is -0.155. The monoisotopic (exact) mass is 587 g/mol. The summed E-state index contributed by atoms with van der Waals surface area (Å²) in [4.78, 5) is 37.5. The average Bonchev–Trinajstić information content (AvgIpc) is 3.24. The zero-order chi connectivity index (χ0) is 24.9. The Bertz CT molecular complexity index is 924. The maximum Gasteiger partial charge on any atom is 0.338 e. The molecule has 0 radical (unpaired) electrons. The van der Waals surface area contributed by atoms with Gasteiger partial charge in [0.1, 0.15) is 30.7 Å². The number of amides is 1. The third-order valence-electron chi connectivity index (χ3n) is 5.30. The van der Waals surface area contributed by atoms with Crippen LogP contribution < -0.4 is 5.32 Å². The van der Waals surface area contributed by atoms with E-state index in [-0.39, 0.29) is 32.7 Å². The zero-order valence-electron chi connectivity index (χ0n) is 19.4. The van der Waals surface area contributed by atoms with E-state index < -0.39 is 47.8 Å². The van der Waals surface area contributed by atoms with Crippen LogP contribution in [0.2, 0.25) is 0 Å². The van der Waals surface area contributed by atoms with Crippen molar-refractivity contribution in [2.45, 2.75) is 70.0 Å². The normalized spacial score (nSPS) is 22.9.